The largest absolute Gasteiger partial charge is 0.347 e. The van der Waals surface area contributed by atoms with E-state index in [2.05, 4.69) is 10.6 Å². The van der Waals surface area contributed by atoms with Gasteiger partial charge in [0.05, 0.1) is 23.6 Å². The molecule has 7 heteroatoms. The lowest BCUT2D eigenvalue weighted by molar-refractivity contribution is -0.123. The fraction of sp³-hybridized carbons (Fsp3) is 0.211. The van der Waals surface area contributed by atoms with E-state index in [0.717, 1.165) is 5.56 Å². The van der Waals surface area contributed by atoms with Crippen molar-refractivity contribution >= 4 is 35.0 Å². The number of carbonyl (C=O) groups excluding carboxylic acids is 3. The normalized spacial score (nSPS) is 10.1. The number of halogens is 1. The van der Waals surface area contributed by atoms with E-state index in [1.165, 1.54) is 11.0 Å². The van der Waals surface area contributed by atoms with Crippen molar-refractivity contribution in [1.82, 2.24) is 10.2 Å². The summed E-state index contributed by atoms with van der Waals surface area (Å²) in [5, 5.41) is 5.51. The van der Waals surface area contributed by atoms with Crippen molar-refractivity contribution in [3.05, 3.63) is 64.7 Å². The van der Waals surface area contributed by atoms with Crippen LogP contribution in [-0.2, 0) is 16.0 Å². The SMILES string of the molecule is CN(C)C(=O)c1cc(NC(=O)CNC(=O)Cc2ccccc2)ccc1Cl. The van der Waals surface area contributed by atoms with E-state index in [1.807, 2.05) is 30.3 Å². The molecule has 2 aromatic rings. The Hall–Kier alpha value is -2.86. The minimum Gasteiger partial charge on any atom is -0.347 e. The van der Waals surface area contributed by atoms with Gasteiger partial charge in [0.2, 0.25) is 11.8 Å². The highest BCUT2D eigenvalue weighted by atomic mass is 35.5. The maximum Gasteiger partial charge on any atom is 0.254 e. The van der Waals surface area contributed by atoms with Crippen LogP contribution in [0.2, 0.25) is 5.02 Å². The molecule has 0 saturated carbocycles. The van der Waals surface area contributed by atoms with Gasteiger partial charge in [0.1, 0.15) is 0 Å². The van der Waals surface area contributed by atoms with Crippen molar-refractivity contribution in [1.29, 1.82) is 0 Å². The van der Waals surface area contributed by atoms with Gasteiger partial charge in [0, 0.05) is 19.8 Å². The fourth-order valence-corrected chi connectivity index (χ4v) is 2.43. The molecule has 2 rings (SSSR count). The molecule has 0 aliphatic heterocycles. The molecule has 2 aromatic carbocycles. The van der Waals surface area contributed by atoms with E-state index >= 15 is 0 Å². The van der Waals surface area contributed by atoms with E-state index in [1.54, 1.807) is 26.2 Å². The molecule has 2 N–H and O–H groups in total. The second-order valence-electron chi connectivity index (χ2n) is 5.88. The van der Waals surface area contributed by atoms with Crippen LogP contribution in [0.15, 0.2) is 48.5 Å². The van der Waals surface area contributed by atoms with Crippen LogP contribution in [0.4, 0.5) is 5.69 Å². The van der Waals surface area contributed by atoms with Crippen LogP contribution in [0.3, 0.4) is 0 Å². The van der Waals surface area contributed by atoms with Gasteiger partial charge >= 0.3 is 0 Å². The highest BCUT2D eigenvalue weighted by molar-refractivity contribution is 6.34. The zero-order valence-corrected chi connectivity index (χ0v) is 15.3. The summed E-state index contributed by atoms with van der Waals surface area (Å²) in [4.78, 5) is 37.4. The summed E-state index contributed by atoms with van der Waals surface area (Å²) < 4.78 is 0. The van der Waals surface area contributed by atoms with Gasteiger partial charge in [-0.2, -0.15) is 0 Å². The average molecular weight is 374 g/mol. The topological polar surface area (TPSA) is 78.5 Å². The third-order valence-corrected chi connectivity index (χ3v) is 3.87. The van der Waals surface area contributed by atoms with Gasteiger partial charge < -0.3 is 15.5 Å². The summed E-state index contributed by atoms with van der Waals surface area (Å²) in [6.45, 7) is -0.161. The van der Waals surface area contributed by atoms with E-state index in [0.29, 0.717) is 16.3 Å². The Morgan fingerprint density at radius 1 is 1.00 bits per heavy atom. The summed E-state index contributed by atoms with van der Waals surface area (Å²) in [7, 11) is 3.23. The number of benzene rings is 2. The van der Waals surface area contributed by atoms with Crippen molar-refractivity contribution in [3.8, 4) is 0 Å². The van der Waals surface area contributed by atoms with Gasteiger partial charge in [-0.25, -0.2) is 0 Å². The molecule has 0 bridgehead atoms. The summed E-state index contributed by atoms with van der Waals surface area (Å²) in [5.74, 6) is -0.898. The van der Waals surface area contributed by atoms with Gasteiger partial charge in [-0.15, -0.1) is 0 Å². The van der Waals surface area contributed by atoms with E-state index in [-0.39, 0.29) is 24.8 Å². The predicted octanol–water partition coefficient (Wildman–Crippen LogP) is 2.34. The Morgan fingerprint density at radius 3 is 2.35 bits per heavy atom. The summed E-state index contributed by atoms with van der Waals surface area (Å²) in [5.41, 5.74) is 1.60. The monoisotopic (exact) mass is 373 g/mol. The lowest BCUT2D eigenvalue weighted by Crippen LogP contribution is -2.33. The number of amides is 3. The molecule has 0 unspecified atom stereocenters. The van der Waals surface area contributed by atoms with Crippen LogP contribution < -0.4 is 10.6 Å². The number of carbonyl (C=O) groups is 3. The minimum atomic E-state index is -0.392. The third-order valence-electron chi connectivity index (χ3n) is 3.54. The van der Waals surface area contributed by atoms with Crippen molar-refractivity contribution < 1.29 is 14.4 Å². The van der Waals surface area contributed by atoms with Crippen LogP contribution in [0.1, 0.15) is 15.9 Å². The smallest absolute Gasteiger partial charge is 0.254 e. The first-order valence-electron chi connectivity index (χ1n) is 7.98. The van der Waals surface area contributed by atoms with Crippen LogP contribution in [0.25, 0.3) is 0 Å². The van der Waals surface area contributed by atoms with Crippen molar-refractivity contribution in [3.63, 3.8) is 0 Å². The molecule has 136 valence electrons. The minimum absolute atomic E-state index is 0.161. The number of nitrogens with zero attached hydrogens (tertiary/aromatic N) is 1. The Morgan fingerprint density at radius 2 is 1.69 bits per heavy atom. The molecule has 0 saturated heterocycles. The number of anilines is 1. The second-order valence-corrected chi connectivity index (χ2v) is 6.29. The summed E-state index contributed by atoms with van der Waals surface area (Å²) in [6.07, 6.45) is 0.205. The molecule has 0 fully saturated rings. The van der Waals surface area contributed by atoms with Gasteiger partial charge in [-0.05, 0) is 23.8 Å². The Balaban J connectivity index is 1.90. The van der Waals surface area contributed by atoms with Crippen molar-refractivity contribution in [2.24, 2.45) is 0 Å². The molecule has 0 aromatic heterocycles. The lowest BCUT2D eigenvalue weighted by Gasteiger charge is -2.13. The highest BCUT2D eigenvalue weighted by Crippen LogP contribution is 2.21. The average Bonchev–Trinajstić information content (AvgIpc) is 2.62. The Labute approximate surface area is 157 Å². The quantitative estimate of drug-likeness (QED) is 0.815. The number of hydrogen-bond donors (Lipinski definition) is 2. The summed E-state index contributed by atoms with van der Waals surface area (Å²) in [6, 6.07) is 13.9. The standard InChI is InChI=1S/C19H20ClN3O3/c1-23(2)19(26)15-11-14(8-9-16(15)20)22-18(25)12-21-17(24)10-13-6-4-3-5-7-13/h3-9,11H,10,12H2,1-2H3,(H,21,24)(H,22,25). The molecule has 3 amide bonds. The first-order valence-corrected chi connectivity index (χ1v) is 8.36. The van der Waals surface area contributed by atoms with E-state index in [9.17, 15) is 14.4 Å². The van der Waals surface area contributed by atoms with Gasteiger partial charge in [-0.3, -0.25) is 14.4 Å². The van der Waals surface area contributed by atoms with E-state index < -0.39 is 5.91 Å². The second kappa shape index (κ2) is 9.01. The number of hydrogen-bond acceptors (Lipinski definition) is 3. The maximum atomic E-state index is 12.1. The fourth-order valence-electron chi connectivity index (χ4n) is 2.24. The number of rotatable bonds is 6. The molecular formula is C19H20ClN3O3. The predicted molar refractivity (Wildman–Crippen MR) is 101 cm³/mol. The molecule has 6 nitrogen and oxygen atoms in total. The Bertz CT molecular complexity index is 807. The van der Waals surface area contributed by atoms with Crippen LogP contribution >= 0.6 is 11.6 Å². The third kappa shape index (κ3) is 5.60. The van der Waals surface area contributed by atoms with Crippen molar-refractivity contribution in [2.75, 3.05) is 26.0 Å². The van der Waals surface area contributed by atoms with Crippen LogP contribution in [0, 0.1) is 0 Å². The molecule has 0 spiro atoms. The zero-order valence-electron chi connectivity index (χ0n) is 14.6. The van der Waals surface area contributed by atoms with Gasteiger partial charge in [0.25, 0.3) is 5.91 Å². The summed E-state index contributed by atoms with van der Waals surface area (Å²) >= 11 is 6.03. The van der Waals surface area contributed by atoms with Crippen LogP contribution in [-0.4, -0.2) is 43.3 Å². The molecule has 0 aliphatic rings. The number of nitrogens with one attached hydrogen (secondary N) is 2. The molecule has 0 heterocycles. The molecule has 0 aliphatic carbocycles. The molecule has 26 heavy (non-hydrogen) atoms. The Kier molecular flexibility index (Phi) is 6.74. The highest BCUT2D eigenvalue weighted by Gasteiger charge is 2.14. The first kappa shape index (κ1) is 19.5. The van der Waals surface area contributed by atoms with Crippen LogP contribution in [0.5, 0.6) is 0 Å². The maximum absolute atomic E-state index is 12.1. The zero-order chi connectivity index (χ0) is 19.1. The first-order chi connectivity index (χ1) is 12.4. The lowest BCUT2D eigenvalue weighted by atomic mass is 10.1. The molecule has 0 radical (unpaired) electrons. The van der Waals surface area contributed by atoms with Crippen molar-refractivity contribution in [2.45, 2.75) is 6.42 Å². The molecule has 0 atom stereocenters. The van der Waals surface area contributed by atoms with Gasteiger partial charge in [-0.1, -0.05) is 41.9 Å². The molecular weight excluding hydrogens is 354 g/mol. The van der Waals surface area contributed by atoms with E-state index in [4.69, 9.17) is 11.6 Å². The van der Waals surface area contributed by atoms with Gasteiger partial charge in [0.15, 0.2) is 0 Å².